The van der Waals surface area contributed by atoms with Gasteiger partial charge in [0.1, 0.15) is 5.75 Å². The van der Waals surface area contributed by atoms with Crippen LogP contribution in [-0.2, 0) is 9.59 Å². The Balaban J connectivity index is 1.77. The smallest absolute Gasteiger partial charge is 0.298 e. The third-order valence-electron chi connectivity index (χ3n) is 3.44. The molecule has 132 valence electrons. The third-order valence-corrected chi connectivity index (χ3v) is 4.56. The number of imide groups is 1. The third kappa shape index (κ3) is 4.07. The molecule has 0 unspecified atom stereocenters. The Morgan fingerprint density at radius 2 is 1.77 bits per heavy atom. The predicted octanol–water partition coefficient (Wildman–Crippen LogP) is 3.45. The fourth-order valence-electron chi connectivity index (χ4n) is 2.25. The summed E-state index contributed by atoms with van der Waals surface area (Å²) in [5.74, 6) is -0.475. The van der Waals surface area contributed by atoms with Gasteiger partial charge in [0.05, 0.1) is 10.6 Å². The largest absolute Gasteiger partial charge is 0.484 e. The van der Waals surface area contributed by atoms with Crippen LogP contribution in [0.5, 0.6) is 5.75 Å². The van der Waals surface area contributed by atoms with E-state index in [-0.39, 0.29) is 11.8 Å². The van der Waals surface area contributed by atoms with E-state index in [1.807, 2.05) is 0 Å². The van der Waals surface area contributed by atoms with Crippen molar-refractivity contribution in [3.8, 4) is 5.75 Å². The number of nitrogens with two attached hydrogens (primary N) is 1. The molecular weight excluding hydrogens is 376 g/mol. The van der Waals surface area contributed by atoms with Gasteiger partial charge < -0.3 is 10.5 Å². The number of thioether (sulfide) groups is 1. The van der Waals surface area contributed by atoms with Crippen LogP contribution >= 0.6 is 23.4 Å². The van der Waals surface area contributed by atoms with Gasteiger partial charge in [0.25, 0.3) is 17.1 Å². The van der Waals surface area contributed by atoms with Crippen LogP contribution in [0.15, 0.2) is 53.4 Å². The van der Waals surface area contributed by atoms with E-state index in [4.69, 9.17) is 22.1 Å². The number of primary amides is 1. The number of halogens is 1. The van der Waals surface area contributed by atoms with E-state index in [2.05, 4.69) is 0 Å². The molecule has 2 aromatic rings. The van der Waals surface area contributed by atoms with Crippen LogP contribution in [0.25, 0.3) is 6.08 Å². The quantitative estimate of drug-likeness (QED) is 0.792. The summed E-state index contributed by atoms with van der Waals surface area (Å²) >= 11 is 6.71. The summed E-state index contributed by atoms with van der Waals surface area (Å²) in [6.07, 6.45) is 1.62. The molecule has 0 saturated carbocycles. The first-order chi connectivity index (χ1) is 12.4. The van der Waals surface area contributed by atoms with Gasteiger partial charge in [-0.05, 0) is 59.8 Å². The second-order valence-corrected chi connectivity index (χ2v) is 6.75. The molecule has 2 N–H and O–H groups in total. The highest BCUT2D eigenvalue weighted by atomic mass is 35.5. The van der Waals surface area contributed by atoms with Gasteiger partial charge in [0.2, 0.25) is 0 Å². The van der Waals surface area contributed by atoms with Crippen molar-refractivity contribution in [3.05, 3.63) is 64.0 Å². The zero-order valence-corrected chi connectivity index (χ0v) is 14.9. The van der Waals surface area contributed by atoms with Crippen molar-refractivity contribution < 1.29 is 19.1 Å². The van der Waals surface area contributed by atoms with Crippen molar-refractivity contribution in [2.75, 3.05) is 11.5 Å². The average Bonchev–Trinajstić information content (AvgIpc) is 2.89. The maximum atomic E-state index is 12.6. The molecule has 8 heteroatoms. The molecule has 3 rings (SSSR count). The van der Waals surface area contributed by atoms with Gasteiger partial charge in [0, 0.05) is 5.02 Å². The van der Waals surface area contributed by atoms with Crippen LogP contribution in [0.2, 0.25) is 5.02 Å². The average molecular weight is 389 g/mol. The molecule has 0 aliphatic carbocycles. The normalized spacial score (nSPS) is 15.6. The Labute approximate surface area is 158 Å². The minimum atomic E-state index is -0.565. The van der Waals surface area contributed by atoms with Crippen LogP contribution in [0, 0.1) is 0 Å². The highest BCUT2D eigenvalue weighted by molar-refractivity contribution is 8.19. The Morgan fingerprint density at radius 3 is 2.38 bits per heavy atom. The number of anilines is 1. The number of rotatable bonds is 5. The summed E-state index contributed by atoms with van der Waals surface area (Å²) in [5, 5.41) is 0.153. The van der Waals surface area contributed by atoms with Crippen molar-refractivity contribution >= 4 is 52.2 Å². The zero-order valence-electron chi connectivity index (χ0n) is 13.3. The lowest BCUT2D eigenvalue weighted by Crippen LogP contribution is -2.27. The van der Waals surface area contributed by atoms with Crippen molar-refractivity contribution in [2.24, 2.45) is 5.73 Å². The molecule has 2 aromatic carbocycles. The minimum Gasteiger partial charge on any atom is -0.484 e. The SMILES string of the molecule is NC(=O)COc1ccc(/C=C2/SC(=O)N(c3ccc(Cl)cc3)C2=O)cc1. The summed E-state index contributed by atoms with van der Waals surface area (Å²) in [6, 6.07) is 13.2. The standard InChI is InChI=1S/C18H13ClN2O4S/c19-12-3-5-13(6-4-12)21-17(23)15(26-18(21)24)9-11-1-7-14(8-2-11)25-10-16(20)22/h1-9H,10H2,(H2,20,22)/b15-9+. The first-order valence-corrected chi connectivity index (χ1v) is 8.68. The van der Waals surface area contributed by atoms with Crippen LogP contribution in [-0.4, -0.2) is 23.7 Å². The van der Waals surface area contributed by atoms with Gasteiger partial charge in [-0.15, -0.1) is 0 Å². The lowest BCUT2D eigenvalue weighted by atomic mass is 10.2. The van der Waals surface area contributed by atoms with Crippen LogP contribution in [0.1, 0.15) is 5.56 Å². The number of amides is 3. The Morgan fingerprint density at radius 1 is 1.12 bits per heavy atom. The summed E-state index contributed by atoms with van der Waals surface area (Å²) in [4.78, 5) is 36.9. The molecule has 0 bridgehead atoms. The van der Waals surface area contributed by atoms with Crippen LogP contribution in [0.3, 0.4) is 0 Å². The molecule has 0 spiro atoms. The number of nitrogens with zero attached hydrogens (tertiary/aromatic N) is 1. The van der Waals surface area contributed by atoms with Gasteiger partial charge in [-0.25, -0.2) is 4.90 Å². The zero-order chi connectivity index (χ0) is 18.7. The predicted molar refractivity (Wildman–Crippen MR) is 101 cm³/mol. The number of hydrogen-bond donors (Lipinski definition) is 1. The number of hydrogen-bond acceptors (Lipinski definition) is 5. The topological polar surface area (TPSA) is 89.7 Å². The van der Waals surface area contributed by atoms with E-state index in [1.165, 1.54) is 0 Å². The van der Waals surface area contributed by atoms with E-state index < -0.39 is 11.8 Å². The van der Waals surface area contributed by atoms with E-state index in [9.17, 15) is 14.4 Å². The second kappa shape index (κ2) is 7.63. The van der Waals surface area contributed by atoms with Gasteiger partial charge in [-0.1, -0.05) is 23.7 Å². The number of carbonyl (C=O) groups excluding carboxylic acids is 3. The van der Waals surface area contributed by atoms with Gasteiger partial charge in [-0.2, -0.15) is 0 Å². The second-order valence-electron chi connectivity index (χ2n) is 5.32. The molecule has 1 saturated heterocycles. The molecule has 0 aromatic heterocycles. The maximum Gasteiger partial charge on any atom is 0.298 e. The molecule has 3 amide bonds. The fraction of sp³-hybridized carbons (Fsp3) is 0.0556. The minimum absolute atomic E-state index is 0.209. The first kappa shape index (κ1) is 18.0. The maximum absolute atomic E-state index is 12.6. The van der Waals surface area contributed by atoms with Gasteiger partial charge in [-0.3, -0.25) is 14.4 Å². The Kier molecular flexibility index (Phi) is 5.29. The molecule has 26 heavy (non-hydrogen) atoms. The number of benzene rings is 2. The van der Waals surface area contributed by atoms with Gasteiger partial charge >= 0.3 is 0 Å². The van der Waals surface area contributed by atoms with E-state index >= 15 is 0 Å². The monoisotopic (exact) mass is 388 g/mol. The highest BCUT2D eigenvalue weighted by Gasteiger charge is 2.36. The first-order valence-electron chi connectivity index (χ1n) is 7.49. The number of ether oxygens (including phenoxy) is 1. The molecule has 0 radical (unpaired) electrons. The molecule has 1 heterocycles. The molecule has 6 nitrogen and oxygen atoms in total. The summed E-state index contributed by atoms with van der Waals surface area (Å²) < 4.78 is 5.17. The molecular formula is C18H13ClN2O4S. The molecule has 1 aliphatic heterocycles. The van der Waals surface area contributed by atoms with Crippen LogP contribution in [0.4, 0.5) is 10.5 Å². The molecule has 1 fully saturated rings. The molecule has 0 atom stereocenters. The Bertz CT molecular complexity index is 894. The lowest BCUT2D eigenvalue weighted by molar-refractivity contribution is -0.120. The van der Waals surface area contributed by atoms with E-state index in [0.29, 0.717) is 21.4 Å². The Hall–Kier alpha value is -2.77. The van der Waals surface area contributed by atoms with Crippen LogP contribution < -0.4 is 15.4 Å². The summed E-state index contributed by atoms with van der Waals surface area (Å²) in [7, 11) is 0. The van der Waals surface area contributed by atoms with Crippen molar-refractivity contribution in [3.63, 3.8) is 0 Å². The summed E-state index contributed by atoms with van der Waals surface area (Å²) in [5.41, 5.74) is 6.21. The number of carbonyl (C=O) groups is 3. The van der Waals surface area contributed by atoms with Crippen molar-refractivity contribution in [2.45, 2.75) is 0 Å². The van der Waals surface area contributed by atoms with Crippen molar-refractivity contribution in [1.82, 2.24) is 0 Å². The fourth-order valence-corrected chi connectivity index (χ4v) is 3.21. The van der Waals surface area contributed by atoms with Gasteiger partial charge in [0.15, 0.2) is 6.61 Å². The van der Waals surface area contributed by atoms with E-state index in [0.717, 1.165) is 22.2 Å². The molecule has 1 aliphatic rings. The van der Waals surface area contributed by atoms with Crippen molar-refractivity contribution in [1.29, 1.82) is 0 Å². The lowest BCUT2D eigenvalue weighted by Gasteiger charge is -2.12. The van der Waals surface area contributed by atoms with E-state index in [1.54, 1.807) is 54.6 Å². The summed E-state index contributed by atoms with van der Waals surface area (Å²) in [6.45, 7) is -0.209. The highest BCUT2D eigenvalue weighted by Crippen LogP contribution is 2.36.